The molecule has 1 saturated heterocycles. The molecule has 0 radical (unpaired) electrons. The summed E-state index contributed by atoms with van der Waals surface area (Å²) in [6, 6.07) is 17.3. The fourth-order valence-electron chi connectivity index (χ4n) is 4.24. The second kappa shape index (κ2) is 9.65. The molecule has 1 aliphatic rings. The number of rotatable bonds is 7. The van der Waals surface area contributed by atoms with Crippen LogP contribution in [0.25, 0.3) is 10.9 Å². The number of sulfonamides is 1. The summed E-state index contributed by atoms with van der Waals surface area (Å²) in [7, 11) is -0.490. The van der Waals surface area contributed by atoms with Gasteiger partial charge in [0.15, 0.2) is 0 Å². The van der Waals surface area contributed by atoms with E-state index in [1.807, 2.05) is 18.2 Å². The SMILES string of the molecule is CN(C)S(=O)(=O)c1ccccc1Cn1ncc2cnc(Nc3ccc(N4CCNCC4)cc3)cc21. The minimum atomic E-state index is -3.56. The Morgan fingerprint density at radius 2 is 1.77 bits per heavy atom. The van der Waals surface area contributed by atoms with E-state index >= 15 is 0 Å². The molecule has 0 spiro atoms. The first-order chi connectivity index (χ1) is 16.9. The number of hydrogen-bond donors (Lipinski definition) is 2. The lowest BCUT2D eigenvalue weighted by Crippen LogP contribution is -2.43. The standard InChI is InChI=1S/C25H29N7O2S/c1-30(2)35(33,34)24-6-4-3-5-19(24)18-32-23-15-25(27-16-20(23)17-28-32)29-21-7-9-22(10-8-21)31-13-11-26-12-14-31/h3-10,15-17,26H,11-14,18H2,1-2H3,(H,27,29). The van der Waals surface area contributed by atoms with Gasteiger partial charge in [0.1, 0.15) is 5.82 Å². The molecule has 2 N–H and O–H groups in total. The molecule has 0 aliphatic carbocycles. The first-order valence-electron chi connectivity index (χ1n) is 11.6. The summed E-state index contributed by atoms with van der Waals surface area (Å²) in [5, 5.41) is 12.1. The number of piperazine rings is 1. The van der Waals surface area contributed by atoms with Crippen molar-refractivity contribution >= 4 is 38.1 Å². The normalized spacial score (nSPS) is 14.5. The third-order valence-electron chi connectivity index (χ3n) is 6.20. The Labute approximate surface area is 205 Å². The van der Waals surface area contributed by atoms with Crippen LogP contribution in [0.1, 0.15) is 5.56 Å². The average molecular weight is 492 g/mol. The van der Waals surface area contributed by atoms with Crippen molar-refractivity contribution in [1.82, 2.24) is 24.4 Å². The van der Waals surface area contributed by atoms with Crippen LogP contribution < -0.4 is 15.5 Å². The maximum atomic E-state index is 12.8. The molecule has 35 heavy (non-hydrogen) atoms. The molecule has 3 heterocycles. The van der Waals surface area contributed by atoms with E-state index in [9.17, 15) is 8.42 Å². The molecule has 0 saturated carbocycles. The number of benzene rings is 2. The van der Waals surface area contributed by atoms with Crippen molar-refractivity contribution in [2.75, 3.05) is 50.5 Å². The highest BCUT2D eigenvalue weighted by Crippen LogP contribution is 2.25. The number of pyridine rings is 1. The Balaban J connectivity index is 1.38. The molecule has 1 aliphatic heterocycles. The fourth-order valence-corrected chi connectivity index (χ4v) is 5.35. The van der Waals surface area contributed by atoms with Crippen molar-refractivity contribution in [3.63, 3.8) is 0 Å². The third kappa shape index (κ3) is 4.86. The van der Waals surface area contributed by atoms with E-state index in [1.165, 1.54) is 24.1 Å². The van der Waals surface area contributed by atoms with Crippen LogP contribution in [0.4, 0.5) is 17.2 Å². The Kier molecular flexibility index (Phi) is 6.42. The molecule has 0 unspecified atom stereocenters. The van der Waals surface area contributed by atoms with Gasteiger partial charge in [-0.2, -0.15) is 5.10 Å². The lowest BCUT2D eigenvalue weighted by molar-refractivity contribution is 0.518. The summed E-state index contributed by atoms with van der Waals surface area (Å²) in [6.45, 7) is 4.35. The lowest BCUT2D eigenvalue weighted by Gasteiger charge is -2.29. The summed E-state index contributed by atoms with van der Waals surface area (Å²) in [6.07, 6.45) is 3.52. The fraction of sp³-hybridized carbons (Fsp3) is 0.280. The Morgan fingerprint density at radius 1 is 1.03 bits per heavy atom. The summed E-state index contributed by atoms with van der Waals surface area (Å²) in [5.74, 6) is 0.698. The molecular formula is C25H29N7O2S. The molecule has 9 nitrogen and oxygen atoms in total. The molecule has 1 fully saturated rings. The van der Waals surface area contributed by atoms with E-state index in [2.05, 4.69) is 49.9 Å². The second-order valence-electron chi connectivity index (χ2n) is 8.73. The number of nitrogens with one attached hydrogen (secondary N) is 2. The van der Waals surface area contributed by atoms with Crippen LogP contribution in [-0.2, 0) is 16.6 Å². The predicted molar refractivity (Wildman–Crippen MR) is 139 cm³/mol. The monoisotopic (exact) mass is 491 g/mol. The van der Waals surface area contributed by atoms with Crippen LogP contribution in [0, 0.1) is 0 Å². The van der Waals surface area contributed by atoms with E-state index in [1.54, 1.807) is 29.2 Å². The van der Waals surface area contributed by atoms with Crippen LogP contribution in [0.5, 0.6) is 0 Å². The minimum absolute atomic E-state index is 0.283. The number of aromatic nitrogens is 3. The van der Waals surface area contributed by atoms with Gasteiger partial charge < -0.3 is 15.5 Å². The molecule has 4 aromatic rings. The number of nitrogens with zero attached hydrogens (tertiary/aromatic N) is 5. The third-order valence-corrected chi connectivity index (χ3v) is 8.11. The highest BCUT2D eigenvalue weighted by molar-refractivity contribution is 7.89. The van der Waals surface area contributed by atoms with Gasteiger partial charge in [-0.1, -0.05) is 18.2 Å². The summed E-state index contributed by atoms with van der Waals surface area (Å²) in [4.78, 5) is 7.18. The van der Waals surface area contributed by atoms with Gasteiger partial charge in [-0.05, 0) is 35.9 Å². The topological polar surface area (TPSA) is 95.4 Å². The molecular weight excluding hydrogens is 462 g/mol. The summed E-state index contributed by atoms with van der Waals surface area (Å²) in [5.41, 5.74) is 3.71. The summed E-state index contributed by atoms with van der Waals surface area (Å²) >= 11 is 0. The van der Waals surface area contributed by atoms with E-state index in [-0.39, 0.29) is 4.90 Å². The molecule has 10 heteroatoms. The second-order valence-corrected chi connectivity index (χ2v) is 10.9. The van der Waals surface area contributed by atoms with Gasteiger partial charge in [0.25, 0.3) is 0 Å². The van der Waals surface area contributed by atoms with Gasteiger partial charge in [-0.15, -0.1) is 0 Å². The Hall–Kier alpha value is -3.47. The van der Waals surface area contributed by atoms with E-state index in [4.69, 9.17) is 0 Å². The molecule has 0 amide bonds. The van der Waals surface area contributed by atoms with Crippen molar-refractivity contribution in [1.29, 1.82) is 0 Å². The lowest BCUT2D eigenvalue weighted by atomic mass is 10.2. The van der Waals surface area contributed by atoms with Gasteiger partial charge in [0.2, 0.25) is 10.0 Å². The quantitative estimate of drug-likeness (QED) is 0.410. The molecule has 2 aromatic heterocycles. The zero-order valence-corrected chi connectivity index (χ0v) is 20.7. The van der Waals surface area contributed by atoms with Crippen molar-refractivity contribution in [2.45, 2.75) is 11.4 Å². The van der Waals surface area contributed by atoms with Crippen LogP contribution >= 0.6 is 0 Å². The van der Waals surface area contributed by atoms with Gasteiger partial charge in [0.05, 0.1) is 23.2 Å². The largest absolute Gasteiger partial charge is 0.369 e. The van der Waals surface area contributed by atoms with E-state index in [0.717, 1.165) is 42.8 Å². The van der Waals surface area contributed by atoms with Crippen LogP contribution in [0.3, 0.4) is 0 Å². The number of anilines is 3. The molecule has 0 atom stereocenters. The van der Waals surface area contributed by atoms with Crippen molar-refractivity contribution < 1.29 is 8.42 Å². The number of fused-ring (bicyclic) bond motifs is 1. The molecule has 182 valence electrons. The zero-order valence-electron chi connectivity index (χ0n) is 19.8. The van der Waals surface area contributed by atoms with E-state index < -0.39 is 10.0 Å². The van der Waals surface area contributed by atoms with Crippen LogP contribution in [0.2, 0.25) is 0 Å². The molecule has 2 aromatic carbocycles. The minimum Gasteiger partial charge on any atom is -0.369 e. The Morgan fingerprint density at radius 3 is 2.51 bits per heavy atom. The van der Waals surface area contributed by atoms with Gasteiger partial charge in [0, 0.05) is 69.3 Å². The van der Waals surface area contributed by atoms with Crippen LogP contribution in [-0.4, -0.2) is 67.8 Å². The van der Waals surface area contributed by atoms with Crippen molar-refractivity contribution in [3.05, 3.63) is 72.6 Å². The molecule has 5 rings (SSSR count). The maximum Gasteiger partial charge on any atom is 0.242 e. The van der Waals surface area contributed by atoms with Gasteiger partial charge in [-0.3, -0.25) is 4.68 Å². The average Bonchev–Trinajstić information content (AvgIpc) is 3.27. The molecule has 0 bridgehead atoms. The van der Waals surface area contributed by atoms with Crippen molar-refractivity contribution in [2.24, 2.45) is 0 Å². The van der Waals surface area contributed by atoms with E-state index in [0.29, 0.717) is 17.9 Å². The maximum absolute atomic E-state index is 12.8. The zero-order chi connectivity index (χ0) is 24.4. The number of hydrogen-bond acceptors (Lipinski definition) is 7. The first-order valence-corrected chi connectivity index (χ1v) is 13.0. The summed E-state index contributed by atoms with van der Waals surface area (Å²) < 4.78 is 28.6. The first kappa shape index (κ1) is 23.3. The highest BCUT2D eigenvalue weighted by Gasteiger charge is 2.21. The van der Waals surface area contributed by atoms with Gasteiger partial charge in [-0.25, -0.2) is 17.7 Å². The highest BCUT2D eigenvalue weighted by atomic mass is 32.2. The Bertz CT molecular complexity index is 1430. The van der Waals surface area contributed by atoms with Gasteiger partial charge >= 0.3 is 0 Å². The van der Waals surface area contributed by atoms with Crippen molar-refractivity contribution in [3.8, 4) is 0 Å². The van der Waals surface area contributed by atoms with Crippen LogP contribution in [0.15, 0.2) is 71.9 Å². The smallest absolute Gasteiger partial charge is 0.242 e. The predicted octanol–water partition coefficient (Wildman–Crippen LogP) is 2.88.